The Bertz CT molecular complexity index is 332. The lowest BCUT2D eigenvalue weighted by Crippen LogP contribution is -2.54. The maximum Gasteiger partial charge on any atom is 0.228 e. The van der Waals surface area contributed by atoms with Crippen LogP contribution >= 0.6 is 0 Å². The monoisotopic (exact) mass is 291 g/mol. The summed E-state index contributed by atoms with van der Waals surface area (Å²) in [4.78, 5) is 15.6. The predicted octanol–water partition coefficient (Wildman–Crippen LogP) is 4.63. The molecule has 2 nitrogen and oxygen atoms in total. The highest BCUT2D eigenvalue weighted by atomic mass is 16.2. The Balaban J connectivity index is 1.72. The van der Waals surface area contributed by atoms with Crippen LogP contribution in [-0.2, 0) is 4.79 Å². The third kappa shape index (κ3) is 3.00. The number of rotatable bonds is 7. The molecule has 4 bridgehead atoms. The Kier molecular flexibility index (Phi) is 4.61. The van der Waals surface area contributed by atoms with Crippen LogP contribution < -0.4 is 0 Å². The highest BCUT2D eigenvalue weighted by molar-refractivity contribution is 5.83. The smallest absolute Gasteiger partial charge is 0.228 e. The third-order valence-corrected chi connectivity index (χ3v) is 6.34. The molecule has 0 aromatic carbocycles. The fraction of sp³-hybridized carbons (Fsp3) is 0.947. The van der Waals surface area contributed by atoms with E-state index in [9.17, 15) is 4.79 Å². The van der Waals surface area contributed by atoms with Crippen molar-refractivity contribution in [3.05, 3.63) is 0 Å². The molecule has 120 valence electrons. The van der Waals surface area contributed by atoms with Gasteiger partial charge in [0.1, 0.15) is 0 Å². The van der Waals surface area contributed by atoms with Gasteiger partial charge in [-0.3, -0.25) is 4.79 Å². The summed E-state index contributed by atoms with van der Waals surface area (Å²) in [5, 5.41) is 0. The van der Waals surface area contributed by atoms with Crippen LogP contribution in [0.4, 0.5) is 0 Å². The molecule has 4 aliphatic carbocycles. The molecule has 0 aromatic rings. The lowest BCUT2D eigenvalue weighted by Gasteiger charge is -2.56. The van der Waals surface area contributed by atoms with Gasteiger partial charge in [-0.25, -0.2) is 0 Å². The second-order valence-electron chi connectivity index (χ2n) is 8.20. The quantitative estimate of drug-likeness (QED) is 0.669. The number of hydrogen-bond donors (Lipinski definition) is 0. The summed E-state index contributed by atoms with van der Waals surface area (Å²) in [5.41, 5.74) is 0.0657. The van der Waals surface area contributed by atoms with Gasteiger partial charge in [0.2, 0.25) is 5.91 Å². The van der Waals surface area contributed by atoms with Crippen LogP contribution in [0.3, 0.4) is 0 Å². The first-order valence-electron chi connectivity index (χ1n) is 9.46. The molecule has 0 N–H and O–H groups in total. The average Bonchev–Trinajstić information content (AvgIpc) is 2.45. The summed E-state index contributed by atoms with van der Waals surface area (Å²) in [6.45, 7) is 6.45. The van der Waals surface area contributed by atoms with Crippen molar-refractivity contribution in [3.8, 4) is 0 Å². The molecular weight excluding hydrogens is 258 g/mol. The molecule has 4 fully saturated rings. The van der Waals surface area contributed by atoms with E-state index in [-0.39, 0.29) is 5.41 Å². The van der Waals surface area contributed by atoms with E-state index in [0.29, 0.717) is 5.91 Å². The van der Waals surface area contributed by atoms with Gasteiger partial charge >= 0.3 is 0 Å². The van der Waals surface area contributed by atoms with E-state index in [1.807, 2.05) is 0 Å². The normalized spacial score (nSPS) is 37.0. The van der Waals surface area contributed by atoms with Crippen LogP contribution in [0.1, 0.15) is 78.1 Å². The molecule has 0 spiro atoms. The summed E-state index contributed by atoms with van der Waals surface area (Å²) in [6, 6.07) is 0. The van der Waals surface area contributed by atoms with Crippen molar-refractivity contribution in [1.82, 2.24) is 4.90 Å². The van der Waals surface area contributed by atoms with Crippen molar-refractivity contribution in [2.45, 2.75) is 78.1 Å². The topological polar surface area (TPSA) is 20.3 Å². The molecule has 1 amide bonds. The van der Waals surface area contributed by atoms with Crippen LogP contribution in [0.5, 0.6) is 0 Å². The van der Waals surface area contributed by atoms with E-state index in [1.54, 1.807) is 0 Å². The summed E-state index contributed by atoms with van der Waals surface area (Å²) in [6.07, 6.45) is 12.6. The molecule has 0 unspecified atom stereocenters. The Hall–Kier alpha value is -0.530. The molecule has 0 radical (unpaired) electrons. The Labute approximate surface area is 130 Å². The fourth-order valence-electron chi connectivity index (χ4n) is 5.72. The highest BCUT2D eigenvalue weighted by Gasteiger charge is 2.55. The first-order chi connectivity index (χ1) is 10.2. The highest BCUT2D eigenvalue weighted by Crippen LogP contribution is 2.60. The van der Waals surface area contributed by atoms with Gasteiger partial charge in [0.25, 0.3) is 0 Å². The number of hydrogen-bond acceptors (Lipinski definition) is 1. The summed E-state index contributed by atoms with van der Waals surface area (Å²) in [5.74, 6) is 3.17. The maximum absolute atomic E-state index is 13.3. The van der Waals surface area contributed by atoms with Crippen molar-refractivity contribution < 1.29 is 4.79 Å². The standard InChI is InChI=1S/C19H33NO/c1-3-5-7-20(8-6-4-2)18(21)19-12-15-9-16(13-19)11-17(10-15)14-19/h15-17H,3-14H2,1-2H3. The van der Waals surface area contributed by atoms with Gasteiger partial charge in [0.15, 0.2) is 0 Å². The number of nitrogens with zero attached hydrogens (tertiary/aromatic N) is 1. The summed E-state index contributed by atoms with van der Waals surface area (Å²) in [7, 11) is 0. The molecule has 2 heteroatoms. The van der Waals surface area contributed by atoms with Crippen LogP contribution in [0.2, 0.25) is 0 Å². The van der Waals surface area contributed by atoms with E-state index in [2.05, 4.69) is 18.7 Å². The van der Waals surface area contributed by atoms with E-state index in [1.165, 1.54) is 64.2 Å². The SMILES string of the molecule is CCCCN(CCCC)C(=O)C12CC3CC(CC(C3)C1)C2. The number of unbranched alkanes of at least 4 members (excludes halogenated alkanes) is 2. The van der Waals surface area contributed by atoms with Gasteiger partial charge in [-0.15, -0.1) is 0 Å². The second-order valence-corrected chi connectivity index (χ2v) is 8.20. The van der Waals surface area contributed by atoms with E-state index >= 15 is 0 Å². The first-order valence-corrected chi connectivity index (χ1v) is 9.46. The minimum atomic E-state index is 0.0657. The lowest BCUT2D eigenvalue weighted by molar-refractivity contribution is -0.157. The van der Waals surface area contributed by atoms with Crippen molar-refractivity contribution in [2.24, 2.45) is 23.2 Å². The number of carbonyl (C=O) groups is 1. The summed E-state index contributed by atoms with van der Waals surface area (Å²) < 4.78 is 0. The molecule has 0 aromatic heterocycles. The minimum Gasteiger partial charge on any atom is -0.342 e. The van der Waals surface area contributed by atoms with Gasteiger partial charge in [0.05, 0.1) is 5.41 Å². The number of amides is 1. The predicted molar refractivity (Wildman–Crippen MR) is 87.0 cm³/mol. The largest absolute Gasteiger partial charge is 0.342 e. The number of carbonyl (C=O) groups excluding carboxylic acids is 1. The minimum absolute atomic E-state index is 0.0657. The lowest BCUT2D eigenvalue weighted by atomic mass is 9.49. The zero-order valence-corrected chi connectivity index (χ0v) is 14.1. The van der Waals surface area contributed by atoms with Crippen molar-refractivity contribution in [1.29, 1.82) is 0 Å². The Morgan fingerprint density at radius 3 is 1.71 bits per heavy atom. The van der Waals surface area contributed by atoms with E-state index < -0.39 is 0 Å². The molecule has 0 atom stereocenters. The molecule has 4 aliphatic rings. The van der Waals surface area contributed by atoms with Gasteiger partial charge in [-0.2, -0.15) is 0 Å². The third-order valence-electron chi connectivity index (χ3n) is 6.34. The van der Waals surface area contributed by atoms with Crippen LogP contribution in [0, 0.1) is 23.2 Å². The maximum atomic E-state index is 13.3. The van der Waals surface area contributed by atoms with E-state index in [0.717, 1.165) is 30.8 Å². The van der Waals surface area contributed by atoms with Gasteiger partial charge < -0.3 is 4.90 Å². The van der Waals surface area contributed by atoms with Gasteiger partial charge in [-0.05, 0) is 69.1 Å². The molecular formula is C19H33NO. The van der Waals surface area contributed by atoms with Crippen molar-refractivity contribution in [3.63, 3.8) is 0 Å². The zero-order valence-electron chi connectivity index (χ0n) is 14.1. The molecule has 21 heavy (non-hydrogen) atoms. The van der Waals surface area contributed by atoms with Gasteiger partial charge in [-0.1, -0.05) is 26.7 Å². The van der Waals surface area contributed by atoms with E-state index in [4.69, 9.17) is 0 Å². The van der Waals surface area contributed by atoms with Crippen LogP contribution in [0.25, 0.3) is 0 Å². The Morgan fingerprint density at radius 2 is 1.33 bits per heavy atom. The second kappa shape index (κ2) is 6.30. The van der Waals surface area contributed by atoms with Crippen molar-refractivity contribution in [2.75, 3.05) is 13.1 Å². The molecule has 0 heterocycles. The molecule has 4 saturated carbocycles. The first kappa shape index (κ1) is 15.4. The van der Waals surface area contributed by atoms with Gasteiger partial charge in [0, 0.05) is 13.1 Å². The van der Waals surface area contributed by atoms with Crippen LogP contribution in [0.15, 0.2) is 0 Å². The summed E-state index contributed by atoms with van der Waals surface area (Å²) >= 11 is 0. The molecule has 4 rings (SSSR count). The van der Waals surface area contributed by atoms with Crippen LogP contribution in [-0.4, -0.2) is 23.9 Å². The molecule has 0 saturated heterocycles. The molecule has 0 aliphatic heterocycles. The van der Waals surface area contributed by atoms with Crippen molar-refractivity contribution >= 4 is 5.91 Å². The fourth-order valence-corrected chi connectivity index (χ4v) is 5.72. The average molecular weight is 291 g/mol. The Morgan fingerprint density at radius 1 is 0.905 bits per heavy atom. The zero-order chi connectivity index (χ0) is 14.9.